The molecule has 0 saturated carbocycles. The Morgan fingerprint density at radius 1 is 0.411 bits per heavy atom. The van der Waals surface area contributed by atoms with Crippen LogP contribution in [-0.2, 0) is 0 Å². The molecule has 8 aromatic carbocycles. The second-order valence-corrected chi connectivity index (χ2v) is 14.5. The first-order valence-corrected chi connectivity index (χ1v) is 18.9. The van der Waals surface area contributed by atoms with Gasteiger partial charge in [0.2, 0.25) is 0 Å². The van der Waals surface area contributed by atoms with E-state index in [4.69, 9.17) is 25.9 Å². The third-order valence-electron chi connectivity index (χ3n) is 10.1. The Hall–Kier alpha value is -7.21. The lowest BCUT2D eigenvalue weighted by Gasteiger charge is -2.14. The van der Waals surface area contributed by atoms with Crippen molar-refractivity contribution in [3.05, 3.63) is 194 Å². The van der Waals surface area contributed by atoms with Crippen LogP contribution in [0.3, 0.4) is 0 Å². The van der Waals surface area contributed by atoms with Crippen LogP contribution in [0.15, 0.2) is 194 Å². The van der Waals surface area contributed by atoms with Crippen LogP contribution in [0.1, 0.15) is 11.0 Å². The highest BCUT2D eigenvalue weighted by molar-refractivity contribution is 7.26. The molecular formula is C51H32N4S. The van der Waals surface area contributed by atoms with Crippen LogP contribution in [0.4, 0.5) is 0 Å². The van der Waals surface area contributed by atoms with Crippen molar-refractivity contribution in [3.63, 3.8) is 0 Å². The van der Waals surface area contributed by atoms with E-state index in [1.807, 2.05) is 115 Å². The van der Waals surface area contributed by atoms with Gasteiger partial charge < -0.3 is 4.57 Å². The lowest BCUT2D eigenvalue weighted by Crippen LogP contribution is -2.00. The van der Waals surface area contributed by atoms with Gasteiger partial charge in [0, 0.05) is 53.3 Å². The Kier molecular flexibility index (Phi) is 5.92. The zero-order chi connectivity index (χ0) is 44.0. The van der Waals surface area contributed by atoms with Gasteiger partial charge in [-0.05, 0) is 64.7 Å². The zero-order valence-electron chi connectivity index (χ0n) is 37.6. The molecule has 0 amide bonds. The summed E-state index contributed by atoms with van der Waals surface area (Å²) < 4.78 is 74.1. The van der Waals surface area contributed by atoms with E-state index in [0.717, 1.165) is 59.1 Å². The summed E-state index contributed by atoms with van der Waals surface area (Å²) in [6, 6.07) is 44.6. The van der Waals surface area contributed by atoms with E-state index in [1.54, 1.807) is 15.9 Å². The Morgan fingerprint density at radius 3 is 1.59 bits per heavy atom. The maximum Gasteiger partial charge on any atom is 0.165 e. The normalized spacial score (nSPS) is 13.6. The lowest BCUT2D eigenvalue weighted by molar-refractivity contribution is 1.08. The molecule has 0 fully saturated rings. The van der Waals surface area contributed by atoms with Crippen LogP contribution in [-0.4, -0.2) is 19.5 Å². The van der Waals surface area contributed by atoms with Crippen LogP contribution in [0.25, 0.3) is 104 Å². The summed E-state index contributed by atoms with van der Waals surface area (Å²) in [5.41, 5.74) is 6.64. The van der Waals surface area contributed by atoms with E-state index < -0.39 is 24.2 Å². The number of aromatic nitrogens is 4. The Labute approximate surface area is 338 Å². The van der Waals surface area contributed by atoms with Crippen molar-refractivity contribution in [1.82, 2.24) is 19.5 Å². The molecule has 5 heteroatoms. The Balaban J connectivity index is 1.14. The van der Waals surface area contributed by atoms with Gasteiger partial charge in [0.1, 0.15) is 0 Å². The third-order valence-corrected chi connectivity index (χ3v) is 11.3. The van der Waals surface area contributed by atoms with Crippen LogP contribution in [0.2, 0.25) is 0 Å². The monoisotopic (exact) mass is 740 g/mol. The molecule has 3 heterocycles. The van der Waals surface area contributed by atoms with Gasteiger partial charge in [-0.15, -0.1) is 11.3 Å². The summed E-state index contributed by atoms with van der Waals surface area (Å²) >= 11 is 1.64. The second-order valence-electron chi connectivity index (χ2n) is 13.5. The predicted octanol–water partition coefficient (Wildman–Crippen LogP) is 13.7. The van der Waals surface area contributed by atoms with E-state index in [0.29, 0.717) is 23.2 Å². The molecule has 11 rings (SSSR count). The number of benzene rings is 8. The summed E-state index contributed by atoms with van der Waals surface area (Å²) in [5.74, 6) is 1.72. The largest absolute Gasteiger partial charge is 0.309 e. The molecule has 0 saturated heterocycles. The standard InChI is InChI=1S/C51H32N4S/c1-4-15-33(16-5-1)37-29-38(31-39(30-37)55-45-25-12-10-21-40(45)41-22-11-13-26-46(41)55)36-27-28-42-43-23-14-24-44(48(43)56-47(42)32-36)51-53-49(34-17-6-2-7-18-34)52-50(54-51)35-19-8-3-9-20-35/h1-32H/i10D,11D,12D,13D,21D,22D,25D,26D. The highest BCUT2D eigenvalue weighted by atomic mass is 32.1. The molecule has 0 spiro atoms. The van der Waals surface area contributed by atoms with E-state index in [-0.39, 0.29) is 46.0 Å². The molecule has 0 bridgehead atoms. The average molecular weight is 741 g/mol. The van der Waals surface area contributed by atoms with Crippen molar-refractivity contribution in [2.24, 2.45) is 0 Å². The molecule has 4 nitrogen and oxygen atoms in total. The molecule has 0 atom stereocenters. The Morgan fingerprint density at radius 2 is 0.964 bits per heavy atom. The van der Waals surface area contributed by atoms with E-state index in [2.05, 4.69) is 30.3 Å². The number of hydrogen-bond acceptors (Lipinski definition) is 4. The molecule has 0 aliphatic rings. The quantitative estimate of drug-likeness (QED) is 0.170. The summed E-state index contributed by atoms with van der Waals surface area (Å²) in [6.07, 6.45) is 0. The van der Waals surface area contributed by atoms with Gasteiger partial charge >= 0.3 is 0 Å². The SMILES string of the molecule is [2H]c1c([2H])c([2H])c2c(c1[2H])c1c([2H])c([2H])c([2H])c([2H])c1n2-c1cc(-c2ccccc2)cc(-c2ccc3c(c2)sc2c(-c4nc(-c5ccccc5)nc(-c5ccccc5)n4)cccc23)c1. The van der Waals surface area contributed by atoms with Crippen LogP contribution < -0.4 is 0 Å². The molecule has 0 unspecified atom stereocenters. The molecule has 0 aliphatic heterocycles. The second kappa shape index (κ2) is 13.3. The highest BCUT2D eigenvalue weighted by Crippen LogP contribution is 2.42. The van der Waals surface area contributed by atoms with Gasteiger partial charge in [0.25, 0.3) is 0 Å². The minimum atomic E-state index is -0.480. The third kappa shape index (κ3) is 5.48. The van der Waals surface area contributed by atoms with Gasteiger partial charge in [-0.1, -0.05) is 152 Å². The molecule has 0 aliphatic carbocycles. The van der Waals surface area contributed by atoms with Gasteiger partial charge in [-0.25, -0.2) is 15.0 Å². The van der Waals surface area contributed by atoms with Crippen molar-refractivity contribution in [1.29, 1.82) is 0 Å². The maximum absolute atomic E-state index is 9.13. The van der Waals surface area contributed by atoms with Crippen molar-refractivity contribution in [3.8, 4) is 62.1 Å². The van der Waals surface area contributed by atoms with Gasteiger partial charge in [0.15, 0.2) is 17.5 Å². The summed E-state index contributed by atoms with van der Waals surface area (Å²) in [6.45, 7) is 0. The average Bonchev–Trinajstić information content (AvgIpc) is 3.91. The summed E-state index contributed by atoms with van der Waals surface area (Å²) in [5, 5.41) is 2.18. The number of thiophene rings is 1. The Bertz CT molecular complexity index is 3570. The number of hydrogen-bond donors (Lipinski definition) is 0. The predicted molar refractivity (Wildman–Crippen MR) is 234 cm³/mol. The van der Waals surface area contributed by atoms with Gasteiger partial charge in [-0.3, -0.25) is 0 Å². The fourth-order valence-corrected chi connectivity index (χ4v) is 8.72. The summed E-state index contributed by atoms with van der Waals surface area (Å²) in [4.78, 5) is 15.0. The molecule has 3 aromatic heterocycles. The lowest BCUT2D eigenvalue weighted by atomic mass is 9.97. The molecule has 0 radical (unpaired) electrons. The van der Waals surface area contributed by atoms with E-state index in [1.165, 1.54) is 0 Å². The fraction of sp³-hybridized carbons (Fsp3) is 0. The van der Waals surface area contributed by atoms with Crippen LogP contribution in [0, 0.1) is 0 Å². The van der Waals surface area contributed by atoms with Gasteiger partial charge in [-0.2, -0.15) is 0 Å². The summed E-state index contributed by atoms with van der Waals surface area (Å²) in [7, 11) is 0. The minimum Gasteiger partial charge on any atom is -0.309 e. The first kappa shape index (κ1) is 25.0. The highest BCUT2D eigenvalue weighted by Gasteiger charge is 2.18. The number of nitrogens with zero attached hydrogens (tertiary/aromatic N) is 4. The van der Waals surface area contributed by atoms with Crippen molar-refractivity contribution >= 4 is 53.3 Å². The van der Waals surface area contributed by atoms with Crippen molar-refractivity contribution in [2.75, 3.05) is 0 Å². The topological polar surface area (TPSA) is 43.6 Å². The minimum absolute atomic E-state index is 0.0344. The van der Waals surface area contributed by atoms with Crippen LogP contribution >= 0.6 is 11.3 Å². The van der Waals surface area contributed by atoms with Crippen LogP contribution in [0.5, 0.6) is 0 Å². The van der Waals surface area contributed by atoms with Crippen molar-refractivity contribution in [2.45, 2.75) is 0 Å². The first-order chi connectivity index (χ1) is 31.1. The molecular weight excluding hydrogens is 701 g/mol. The fourth-order valence-electron chi connectivity index (χ4n) is 7.47. The molecule has 0 N–H and O–H groups in total. The van der Waals surface area contributed by atoms with Gasteiger partial charge in [0.05, 0.1) is 22.0 Å². The zero-order valence-corrected chi connectivity index (χ0v) is 30.4. The molecule has 56 heavy (non-hydrogen) atoms. The number of fused-ring (bicyclic) bond motifs is 6. The van der Waals surface area contributed by atoms with E-state index >= 15 is 0 Å². The number of rotatable bonds is 6. The number of para-hydroxylation sites is 2. The smallest absolute Gasteiger partial charge is 0.165 e. The molecule has 262 valence electrons. The first-order valence-electron chi connectivity index (χ1n) is 22.1. The molecule has 11 aromatic rings. The van der Waals surface area contributed by atoms with Crippen molar-refractivity contribution < 1.29 is 11.0 Å². The van der Waals surface area contributed by atoms with E-state index in [9.17, 15) is 0 Å². The maximum atomic E-state index is 9.13.